The lowest BCUT2D eigenvalue weighted by atomic mass is 9.69. The highest BCUT2D eigenvalue weighted by Crippen LogP contribution is 2.55. The van der Waals surface area contributed by atoms with Crippen LogP contribution in [0.5, 0.6) is 57.5 Å². The van der Waals surface area contributed by atoms with Gasteiger partial charge in [0.05, 0.1) is 11.8 Å². The van der Waals surface area contributed by atoms with Gasteiger partial charge in [-0.2, -0.15) is 0 Å². The van der Waals surface area contributed by atoms with Crippen molar-refractivity contribution in [1.82, 2.24) is 0 Å². The minimum atomic E-state index is -1.62. The molecule has 4 aromatic rings. The third-order valence-corrected chi connectivity index (χ3v) is 7.42. The summed E-state index contributed by atoms with van der Waals surface area (Å²) in [6.45, 7) is 0. The first-order valence-electron chi connectivity index (χ1n) is 12.5. The number of phenolic OH excluding ortho intramolecular Hbond substituents is 8. The lowest BCUT2D eigenvalue weighted by Gasteiger charge is -2.42. The average Bonchev–Trinajstić information content (AvgIpc) is 2.88. The highest BCUT2D eigenvalue weighted by Gasteiger charge is 2.54. The second-order valence-electron chi connectivity index (χ2n) is 10.0. The predicted octanol–water partition coefficient (Wildman–Crippen LogP) is 3.90. The van der Waals surface area contributed by atoms with Gasteiger partial charge < -0.3 is 50.3 Å². The maximum Gasteiger partial charge on any atom is 0.178 e. The van der Waals surface area contributed by atoms with Crippen LogP contribution in [0.25, 0.3) is 0 Å². The largest absolute Gasteiger partial charge is 0.508 e. The zero-order chi connectivity index (χ0) is 30.0. The number of Topliss-reactive ketones (excluding diaryl/α,β-unsaturated/α-hetero) is 2. The van der Waals surface area contributed by atoms with Crippen molar-refractivity contribution in [3.8, 4) is 57.5 Å². The van der Waals surface area contributed by atoms with Crippen LogP contribution in [-0.2, 0) is 0 Å². The number of rotatable bonds is 3. The number of hydrogen-bond acceptors (Lipinski definition) is 12. The molecule has 0 bridgehead atoms. The first-order chi connectivity index (χ1) is 19.9. The average molecular weight is 574 g/mol. The predicted molar refractivity (Wildman–Crippen MR) is 141 cm³/mol. The third kappa shape index (κ3) is 4.08. The van der Waals surface area contributed by atoms with Gasteiger partial charge in [0.1, 0.15) is 80.8 Å². The lowest BCUT2D eigenvalue weighted by Crippen LogP contribution is -2.45. The van der Waals surface area contributed by atoms with Crippen LogP contribution in [0, 0.1) is 11.8 Å². The molecule has 0 amide bonds. The van der Waals surface area contributed by atoms with E-state index in [-0.39, 0.29) is 45.3 Å². The lowest BCUT2D eigenvalue weighted by molar-refractivity contribution is 0.0119. The molecular weight excluding hydrogens is 552 g/mol. The minimum absolute atomic E-state index is 0.0539. The Labute approximate surface area is 236 Å². The van der Waals surface area contributed by atoms with Crippen molar-refractivity contribution in [2.45, 2.75) is 12.2 Å². The summed E-state index contributed by atoms with van der Waals surface area (Å²) in [6.07, 6.45) is -2.99. The third-order valence-electron chi connectivity index (χ3n) is 7.42. The van der Waals surface area contributed by atoms with Crippen molar-refractivity contribution < 1.29 is 59.9 Å². The maximum absolute atomic E-state index is 14.3. The Morgan fingerprint density at radius 3 is 1.17 bits per heavy atom. The molecule has 42 heavy (non-hydrogen) atoms. The molecule has 0 radical (unpaired) electrons. The van der Waals surface area contributed by atoms with Crippen LogP contribution < -0.4 is 9.47 Å². The first-order valence-corrected chi connectivity index (χ1v) is 12.5. The summed E-state index contributed by atoms with van der Waals surface area (Å²) >= 11 is 0. The number of hydrogen-bond donors (Lipinski definition) is 8. The maximum atomic E-state index is 14.3. The van der Waals surface area contributed by atoms with Crippen molar-refractivity contribution >= 4 is 11.6 Å². The number of carbonyl (C=O) groups excluding carboxylic acids is 2. The fourth-order valence-corrected chi connectivity index (χ4v) is 5.64. The molecule has 12 nitrogen and oxygen atoms in total. The molecule has 4 aromatic carbocycles. The van der Waals surface area contributed by atoms with E-state index in [1.165, 1.54) is 24.3 Å². The fraction of sp³-hybridized carbons (Fsp3) is 0.133. The Hall–Kier alpha value is -5.78. The van der Waals surface area contributed by atoms with Crippen LogP contribution in [0.3, 0.4) is 0 Å². The summed E-state index contributed by atoms with van der Waals surface area (Å²) in [7, 11) is 0. The smallest absolute Gasteiger partial charge is 0.178 e. The van der Waals surface area contributed by atoms with Gasteiger partial charge in [0.2, 0.25) is 0 Å². The molecule has 4 unspecified atom stereocenters. The van der Waals surface area contributed by atoms with Gasteiger partial charge in [-0.3, -0.25) is 9.59 Å². The van der Waals surface area contributed by atoms with E-state index in [1.807, 2.05) is 0 Å². The monoisotopic (exact) mass is 574 g/mol. The quantitative estimate of drug-likeness (QED) is 0.175. The molecule has 2 aliphatic rings. The van der Waals surface area contributed by atoms with Crippen LogP contribution in [-0.4, -0.2) is 52.4 Å². The highest BCUT2D eigenvalue weighted by atomic mass is 16.5. The molecule has 0 aromatic heterocycles. The van der Waals surface area contributed by atoms with E-state index in [4.69, 9.17) is 9.47 Å². The molecule has 0 aliphatic carbocycles. The Morgan fingerprint density at radius 1 is 0.452 bits per heavy atom. The van der Waals surface area contributed by atoms with Gasteiger partial charge in [-0.15, -0.1) is 0 Å². The van der Waals surface area contributed by atoms with Crippen LogP contribution in [0.4, 0.5) is 0 Å². The van der Waals surface area contributed by atoms with E-state index in [1.54, 1.807) is 0 Å². The van der Waals surface area contributed by atoms with Crippen molar-refractivity contribution in [1.29, 1.82) is 0 Å². The van der Waals surface area contributed by atoms with Crippen molar-refractivity contribution in [2.24, 2.45) is 11.8 Å². The summed E-state index contributed by atoms with van der Waals surface area (Å²) in [5, 5.41) is 82.7. The highest BCUT2D eigenvalue weighted by molar-refractivity contribution is 6.11. The second-order valence-corrected chi connectivity index (χ2v) is 10.0. The molecule has 6 rings (SSSR count). The Morgan fingerprint density at radius 2 is 0.810 bits per heavy atom. The molecule has 2 aliphatic heterocycles. The molecule has 4 atom stereocenters. The van der Waals surface area contributed by atoms with Gasteiger partial charge in [0.15, 0.2) is 11.6 Å². The number of ether oxygens (including phenoxy) is 2. The molecular formula is C30H22O12. The van der Waals surface area contributed by atoms with Gasteiger partial charge in [-0.05, 0) is 24.3 Å². The number of aromatic hydroxyl groups is 8. The minimum Gasteiger partial charge on any atom is -0.508 e. The standard InChI is InChI=1S/C30H22O12/c31-11-1-3-15(17(35)5-11)29-25(27(39)23-19(37)7-13(33)9-21(23)41-29)26-28(40)24-20(38)8-14(34)10-22(24)42-30(26)16-4-2-12(32)6-18(16)36/h1-10,25-26,29-38H. The van der Waals surface area contributed by atoms with Gasteiger partial charge in [-0.25, -0.2) is 0 Å². The second kappa shape index (κ2) is 9.41. The molecule has 0 saturated heterocycles. The molecule has 0 spiro atoms. The van der Waals surface area contributed by atoms with Crippen molar-refractivity contribution in [3.63, 3.8) is 0 Å². The fourth-order valence-electron chi connectivity index (χ4n) is 5.64. The molecule has 0 saturated carbocycles. The van der Waals surface area contributed by atoms with E-state index in [9.17, 15) is 50.4 Å². The van der Waals surface area contributed by atoms with Crippen LogP contribution in [0.15, 0.2) is 60.7 Å². The van der Waals surface area contributed by atoms with E-state index in [0.29, 0.717) is 0 Å². The van der Waals surface area contributed by atoms with Crippen LogP contribution in [0.1, 0.15) is 44.1 Å². The van der Waals surface area contributed by atoms with Crippen LogP contribution in [0.2, 0.25) is 0 Å². The molecule has 8 N–H and O–H groups in total. The Balaban J connectivity index is 1.62. The van der Waals surface area contributed by atoms with E-state index >= 15 is 0 Å². The van der Waals surface area contributed by atoms with Crippen molar-refractivity contribution in [2.75, 3.05) is 0 Å². The summed E-state index contributed by atoms with van der Waals surface area (Å²) in [6, 6.07) is 10.9. The number of benzene rings is 4. The zero-order valence-electron chi connectivity index (χ0n) is 21.3. The molecule has 2 heterocycles. The zero-order valence-corrected chi connectivity index (χ0v) is 21.3. The summed E-state index contributed by atoms with van der Waals surface area (Å²) in [5.74, 6) is -9.30. The van der Waals surface area contributed by atoms with Crippen molar-refractivity contribution in [3.05, 3.63) is 82.9 Å². The Kier molecular flexibility index (Phi) is 5.92. The number of phenols is 8. The SMILES string of the molecule is O=C1c2c(O)cc(O)cc2OC(c2ccc(O)cc2O)C1C1C(=O)c2c(O)cc(O)cc2OC1c1ccc(O)cc1O. The summed E-state index contributed by atoms with van der Waals surface area (Å²) in [4.78, 5) is 28.5. The van der Waals surface area contributed by atoms with Gasteiger partial charge >= 0.3 is 0 Å². The van der Waals surface area contributed by atoms with Crippen LogP contribution >= 0.6 is 0 Å². The Bertz CT molecular complexity index is 1660. The van der Waals surface area contributed by atoms with Gasteiger partial charge in [0.25, 0.3) is 0 Å². The number of fused-ring (bicyclic) bond motifs is 2. The normalized spacial score (nSPS) is 21.1. The van der Waals surface area contributed by atoms with E-state index in [2.05, 4.69) is 0 Å². The molecule has 214 valence electrons. The number of ketones is 2. The summed E-state index contributed by atoms with van der Waals surface area (Å²) in [5.41, 5.74) is -0.868. The topological polar surface area (TPSA) is 214 Å². The summed E-state index contributed by atoms with van der Waals surface area (Å²) < 4.78 is 12.1. The van der Waals surface area contributed by atoms with Gasteiger partial charge in [0, 0.05) is 47.5 Å². The molecule has 12 heteroatoms. The first kappa shape index (κ1) is 26.4. The van der Waals surface area contributed by atoms with E-state index in [0.717, 1.165) is 36.4 Å². The molecule has 0 fully saturated rings. The van der Waals surface area contributed by atoms with Gasteiger partial charge in [-0.1, -0.05) is 0 Å². The number of carbonyl (C=O) groups is 2. The van der Waals surface area contributed by atoms with E-state index < -0.39 is 70.1 Å².